The van der Waals surface area contributed by atoms with Crippen molar-refractivity contribution >= 4 is 17.7 Å². The Bertz CT molecular complexity index is 753. The zero-order valence-corrected chi connectivity index (χ0v) is 16.8. The number of methoxy groups -OCH3 is 1. The van der Waals surface area contributed by atoms with E-state index in [1.54, 1.807) is 32.2 Å². The third-order valence-electron chi connectivity index (χ3n) is 3.90. The molecule has 0 unspecified atom stereocenters. The topological polar surface area (TPSA) is 60.2 Å². The summed E-state index contributed by atoms with van der Waals surface area (Å²) in [5.41, 5.74) is 0.937. The molecule has 7 heteroatoms. The molecule has 1 amide bonds. The highest BCUT2D eigenvalue weighted by molar-refractivity contribution is 8.00. The fourth-order valence-electron chi connectivity index (χ4n) is 2.46. The minimum Gasteiger partial charge on any atom is -0.497 e. The molecule has 0 fully saturated rings. The van der Waals surface area contributed by atoms with E-state index in [0.717, 1.165) is 17.1 Å². The maximum atomic E-state index is 12.5. The van der Waals surface area contributed by atoms with Crippen molar-refractivity contribution in [1.29, 1.82) is 0 Å². The number of carbonyl (C=O) groups excluding carboxylic acids is 1. The van der Waals surface area contributed by atoms with Crippen LogP contribution in [0.1, 0.15) is 13.8 Å². The van der Waals surface area contributed by atoms with Gasteiger partial charge in [-0.1, -0.05) is 31.7 Å². The molecule has 1 aromatic heterocycles. The van der Waals surface area contributed by atoms with Gasteiger partial charge >= 0.3 is 0 Å². The van der Waals surface area contributed by atoms with Crippen molar-refractivity contribution in [3.8, 4) is 17.1 Å². The lowest BCUT2D eigenvalue weighted by Crippen LogP contribution is -2.35. The maximum Gasteiger partial charge on any atom is 0.235 e. The van der Waals surface area contributed by atoms with E-state index in [0.29, 0.717) is 11.7 Å². The van der Waals surface area contributed by atoms with Crippen molar-refractivity contribution in [2.75, 3.05) is 21.2 Å². The Morgan fingerprint density at radius 2 is 1.96 bits per heavy atom. The van der Waals surface area contributed by atoms with Crippen LogP contribution in [0.2, 0.25) is 0 Å². The lowest BCUT2D eigenvalue weighted by molar-refractivity contribution is -0.128. The van der Waals surface area contributed by atoms with E-state index in [2.05, 4.69) is 16.8 Å². The minimum atomic E-state index is -0.221. The molecule has 1 heterocycles. The first-order chi connectivity index (χ1) is 12.4. The van der Waals surface area contributed by atoms with Gasteiger partial charge in [-0.15, -0.1) is 16.8 Å². The molecular weight excluding hydrogens is 348 g/mol. The Kier molecular flexibility index (Phi) is 6.85. The average molecular weight is 375 g/mol. The van der Waals surface area contributed by atoms with Gasteiger partial charge in [0.15, 0.2) is 11.0 Å². The molecule has 0 aliphatic rings. The Hall–Kier alpha value is -2.28. The average Bonchev–Trinajstić information content (AvgIpc) is 3.01. The number of amides is 1. The molecule has 26 heavy (non-hydrogen) atoms. The van der Waals surface area contributed by atoms with Crippen LogP contribution >= 0.6 is 11.8 Å². The molecule has 0 spiro atoms. The summed E-state index contributed by atoms with van der Waals surface area (Å²) in [6, 6.07) is 7.67. The van der Waals surface area contributed by atoms with Gasteiger partial charge in [-0.2, -0.15) is 0 Å². The highest BCUT2D eigenvalue weighted by Gasteiger charge is 2.28. The minimum absolute atomic E-state index is 0.0733. The molecule has 0 N–H and O–H groups in total. The molecule has 0 bridgehead atoms. The van der Waals surface area contributed by atoms with E-state index < -0.39 is 0 Å². The van der Waals surface area contributed by atoms with Gasteiger partial charge in [0, 0.05) is 26.2 Å². The molecule has 0 aliphatic heterocycles. The van der Waals surface area contributed by atoms with Gasteiger partial charge in [-0.05, 0) is 30.2 Å². The lowest BCUT2D eigenvalue weighted by atomic mass is 10.1. The number of rotatable bonds is 8. The standard InChI is InChI=1S/C19H26N4O2S/c1-7-12-23-17(14-8-10-15(25-6)11-9-14)20-21-19(23)26-16(13(2)3)18(24)22(4)5/h7-11,13,16H,1,12H2,2-6H3/t16-/m0/s1. The Morgan fingerprint density at radius 1 is 1.31 bits per heavy atom. The molecule has 140 valence electrons. The van der Waals surface area contributed by atoms with E-state index in [4.69, 9.17) is 4.74 Å². The van der Waals surface area contributed by atoms with Crippen molar-refractivity contribution in [3.63, 3.8) is 0 Å². The van der Waals surface area contributed by atoms with E-state index in [9.17, 15) is 4.79 Å². The van der Waals surface area contributed by atoms with E-state index in [1.807, 2.05) is 42.7 Å². The normalized spacial score (nSPS) is 12.1. The van der Waals surface area contributed by atoms with Crippen molar-refractivity contribution in [1.82, 2.24) is 19.7 Å². The third kappa shape index (κ3) is 4.46. The monoisotopic (exact) mass is 374 g/mol. The van der Waals surface area contributed by atoms with Crippen LogP contribution in [0.3, 0.4) is 0 Å². The summed E-state index contributed by atoms with van der Waals surface area (Å²) in [5.74, 6) is 1.78. The maximum absolute atomic E-state index is 12.5. The van der Waals surface area contributed by atoms with Gasteiger partial charge in [-0.3, -0.25) is 9.36 Å². The molecule has 0 saturated heterocycles. The Labute approximate surface area is 159 Å². The van der Waals surface area contributed by atoms with Crippen LogP contribution in [0.4, 0.5) is 0 Å². The fourth-order valence-corrected chi connectivity index (χ4v) is 3.65. The van der Waals surface area contributed by atoms with Crippen LogP contribution in [0.25, 0.3) is 11.4 Å². The second-order valence-corrected chi connectivity index (χ2v) is 7.56. The van der Waals surface area contributed by atoms with Gasteiger partial charge in [0.1, 0.15) is 5.75 Å². The second kappa shape index (κ2) is 8.89. The summed E-state index contributed by atoms with van der Waals surface area (Å²) in [5, 5.41) is 9.19. The van der Waals surface area contributed by atoms with Gasteiger partial charge in [0.25, 0.3) is 0 Å². The van der Waals surface area contributed by atoms with E-state index >= 15 is 0 Å². The summed E-state index contributed by atoms with van der Waals surface area (Å²) < 4.78 is 7.19. The smallest absolute Gasteiger partial charge is 0.235 e. The number of thioether (sulfide) groups is 1. The molecule has 0 radical (unpaired) electrons. The van der Waals surface area contributed by atoms with Gasteiger partial charge < -0.3 is 9.64 Å². The number of allylic oxidation sites excluding steroid dienone is 1. The van der Waals surface area contributed by atoms with Crippen LogP contribution in [-0.2, 0) is 11.3 Å². The molecule has 1 atom stereocenters. The zero-order valence-electron chi connectivity index (χ0n) is 16.0. The predicted octanol–water partition coefficient (Wildman–Crippen LogP) is 3.34. The van der Waals surface area contributed by atoms with Gasteiger partial charge in [0.05, 0.1) is 12.4 Å². The molecule has 0 saturated carbocycles. The van der Waals surface area contributed by atoms with Crippen molar-refractivity contribution in [2.24, 2.45) is 5.92 Å². The summed E-state index contributed by atoms with van der Waals surface area (Å²) in [6.07, 6.45) is 1.80. The number of benzene rings is 1. The lowest BCUT2D eigenvalue weighted by Gasteiger charge is -2.22. The number of ether oxygens (including phenoxy) is 1. The highest BCUT2D eigenvalue weighted by atomic mass is 32.2. The van der Waals surface area contributed by atoms with Crippen LogP contribution in [0.15, 0.2) is 42.1 Å². The second-order valence-electron chi connectivity index (χ2n) is 6.45. The number of carbonyl (C=O) groups is 1. The summed E-state index contributed by atoms with van der Waals surface area (Å²) >= 11 is 1.45. The van der Waals surface area contributed by atoms with Crippen LogP contribution in [0.5, 0.6) is 5.75 Å². The highest BCUT2D eigenvalue weighted by Crippen LogP contribution is 2.31. The van der Waals surface area contributed by atoms with Crippen LogP contribution < -0.4 is 4.74 Å². The van der Waals surface area contributed by atoms with E-state index in [-0.39, 0.29) is 17.1 Å². The van der Waals surface area contributed by atoms with Crippen molar-refractivity contribution < 1.29 is 9.53 Å². The first-order valence-corrected chi connectivity index (χ1v) is 9.33. The molecule has 2 aromatic rings. The molecular formula is C19H26N4O2S. The van der Waals surface area contributed by atoms with Crippen molar-refractivity contribution in [2.45, 2.75) is 30.8 Å². The number of nitrogens with zero attached hydrogens (tertiary/aromatic N) is 4. The first kappa shape index (κ1) is 20.0. The first-order valence-electron chi connectivity index (χ1n) is 8.45. The molecule has 2 rings (SSSR count). The molecule has 6 nitrogen and oxygen atoms in total. The van der Waals surface area contributed by atoms with E-state index in [1.165, 1.54) is 11.8 Å². The summed E-state index contributed by atoms with van der Waals surface area (Å²) in [4.78, 5) is 14.1. The number of hydrogen-bond acceptors (Lipinski definition) is 5. The summed E-state index contributed by atoms with van der Waals surface area (Å²) in [6.45, 7) is 8.48. The Balaban J connectivity index is 2.38. The fraction of sp³-hybridized carbons (Fsp3) is 0.421. The zero-order chi connectivity index (χ0) is 19.3. The quantitative estimate of drug-likeness (QED) is 0.524. The molecule has 1 aromatic carbocycles. The predicted molar refractivity (Wildman–Crippen MR) is 105 cm³/mol. The van der Waals surface area contributed by atoms with Crippen LogP contribution in [0, 0.1) is 5.92 Å². The third-order valence-corrected chi connectivity index (χ3v) is 5.41. The largest absolute Gasteiger partial charge is 0.497 e. The number of aromatic nitrogens is 3. The van der Waals surface area contributed by atoms with Gasteiger partial charge in [-0.25, -0.2) is 0 Å². The SMILES string of the molecule is C=CCn1c(S[C@H](C(=O)N(C)C)C(C)C)nnc1-c1ccc(OC)cc1. The number of hydrogen-bond donors (Lipinski definition) is 0. The van der Waals surface area contributed by atoms with Crippen LogP contribution in [-0.4, -0.2) is 52.0 Å². The Morgan fingerprint density at radius 3 is 2.46 bits per heavy atom. The summed E-state index contributed by atoms with van der Waals surface area (Å²) in [7, 11) is 5.18. The van der Waals surface area contributed by atoms with Crippen molar-refractivity contribution in [3.05, 3.63) is 36.9 Å². The molecule has 0 aliphatic carbocycles. The van der Waals surface area contributed by atoms with Gasteiger partial charge in [0.2, 0.25) is 5.91 Å².